The lowest BCUT2D eigenvalue weighted by atomic mass is 10.2. The average Bonchev–Trinajstić information content (AvgIpc) is 2.76. The van der Waals surface area contributed by atoms with Crippen molar-refractivity contribution in [2.75, 3.05) is 13.1 Å². The van der Waals surface area contributed by atoms with Gasteiger partial charge in [0.05, 0.1) is 6.54 Å². The zero-order valence-electron chi connectivity index (χ0n) is 9.81. The van der Waals surface area contributed by atoms with Crippen LogP contribution in [-0.4, -0.2) is 47.8 Å². The van der Waals surface area contributed by atoms with E-state index in [4.69, 9.17) is 11.5 Å². The third-order valence-corrected chi connectivity index (χ3v) is 2.80. The molecule has 0 radical (unpaired) electrons. The molecule has 7 nitrogen and oxygen atoms in total. The van der Waals surface area contributed by atoms with Gasteiger partial charge in [-0.1, -0.05) is 0 Å². The van der Waals surface area contributed by atoms with Crippen molar-refractivity contribution in [2.24, 2.45) is 11.5 Å². The van der Waals surface area contributed by atoms with Gasteiger partial charge in [-0.2, -0.15) is 0 Å². The Labute approximate surface area is 99.5 Å². The molecule has 1 fully saturated rings. The molecule has 1 aliphatic heterocycles. The first-order valence-electron chi connectivity index (χ1n) is 5.56. The van der Waals surface area contributed by atoms with Crippen LogP contribution in [0.1, 0.15) is 19.8 Å². The highest BCUT2D eigenvalue weighted by atomic mass is 16.2. The average molecular weight is 242 g/mol. The molecule has 3 amide bonds. The largest absolute Gasteiger partial charge is 0.368 e. The third kappa shape index (κ3) is 3.16. The summed E-state index contributed by atoms with van der Waals surface area (Å²) in [5.74, 6) is -1.21. The highest BCUT2D eigenvalue weighted by Gasteiger charge is 2.34. The van der Waals surface area contributed by atoms with Crippen LogP contribution in [0.5, 0.6) is 0 Å². The Balaban J connectivity index is 2.62. The monoisotopic (exact) mass is 242 g/mol. The Morgan fingerprint density at radius 3 is 2.65 bits per heavy atom. The molecule has 0 saturated carbocycles. The van der Waals surface area contributed by atoms with Gasteiger partial charge in [-0.25, -0.2) is 0 Å². The number of likely N-dealkylation sites (tertiary alicyclic amines) is 1. The second-order valence-corrected chi connectivity index (χ2v) is 4.09. The molecule has 0 aromatic carbocycles. The molecule has 1 saturated heterocycles. The summed E-state index contributed by atoms with van der Waals surface area (Å²) in [6, 6.07) is -1.24. The molecule has 1 aliphatic rings. The van der Waals surface area contributed by atoms with Gasteiger partial charge in [0.25, 0.3) is 0 Å². The van der Waals surface area contributed by atoms with E-state index in [2.05, 4.69) is 5.32 Å². The zero-order chi connectivity index (χ0) is 13.0. The maximum absolute atomic E-state index is 12.0. The lowest BCUT2D eigenvalue weighted by Crippen LogP contribution is -2.52. The molecular formula is C10H18N4O3. The van der Waals surface area contributed by atoms with Crippen LogP contribution in [0.15, 0.2) is 0 Å². The Morgan fingerprint density at radius 2 is 2.12 bits per heavy atom. The molecule has 0 spiro atoms. The van der Waals surface area contributed by atoms with Gasteiger partial charge in [0, 0.05) is 6.54 Å². The number of nitrogens with one attached hydrogen (secondary N) is 1. The van der Waals surface area contributed by atoms with E-state index < -0.39 is 23.9 Å². The van der Waals surface area contributed by atoms with Gasteiger partial charge in [0.2, 0.25) is 17.7 Å². The minimum atomic E-state index is -0.689. The molecule has 96 valence electrons. The van der Waals surface area contributed by atoms with Crippen molar-refractivity contribution < 1.29 is 14.4 Å². The second-order valence-electron chi connectivity index (χ2n) is 4.09. The van der Waals surface area contributed by atoms with Crippen LogP contribution >= 0.6 is 0 Å². The maximum atomic E-state index is 12.0. The molecule has 0 aliphatic carbocycles. The van der Waals surface area contributed by atoms with E-state index in [0.29, 0.717) is 13.0 Å². The van der Waals surface area contributed by atoms with E-state index in [1.165, 1.54) is 4.90 Å². The Bertz CT molecular complexity index is 332. The van der Waals surface area contributed by atoms with Crippen LogP contribution in [0.25, 0.3) is 0 Å². The number of amides is 3. The SMILES string of the molecule is C[C@H](NC(=O)CN)C(=O)N1CCC[C@H]1C(N)=O. The van der Waals surface area contributed by atoms with E-state index >= 15 is 0 Å². The fourth-order valence-corrected chi connectivity index (χ4v) is 1.94. The Kier molecular flexibility index (Phi) is 4.45. The predicted octanol–water partition coefficient (Wildman–Crippen LogP) is -2.07. The standard InChI is InChI=1S/C10H18N4O3/c1-6(13-8(15)5-11)10(17)14-4-2-3-7(14)9(12)16/h6-7H,2-5,11H2,1H3,(H2,12,16)(H,13,15)/t6-,7-/m0/s1. The summed E-state index contributed by atoms with van der Waals surface area (Å²) < 4.78 is 0. The minimum Gasteiger partial charge on any atom is -0.368 e. The fourth-order valence-electron chi connectivity index (χ4n) is 1.94. The summed E-state index contributed by atoms with van der Waals surface area (Å²) in [6.45, 7) is 1.89. The summed E-state index contributed by atoms with van der Waals surface area (Å²) in [7, 11) is 0. The molecule has 7 heteroatoms. The Hall–Kier alpha value is -1.63. The summed E-state index contributed by atoms with van der Waals surface area (Å²) in [5.41, 5.74) is 10.4. The number of nitrogens with two attached hydrogens (primary N) is 2. The van der Waals surface area contributed by atoms with E-state index in [1.54, 1.807) is 6.92 Å². The molecule has 0 unspecified atom stereocenters. The molecule has 2 atom stereocenters. The molecule has 1 rings (SSSR count). The molecule has 1 heterocycles. The number of nitrogens with zero attached hydrogens (tertiary/aromatic N) is 1. The van der Waals surface area contributed by atoms with Crippen molar-refractivity contribution in [3.63, 3.8) is 0 Å². The van der Waals surface area contributed by atoms with Gasteiger partial charge in [0.15, 0.2) is 0 Å². The first-order chi connectivity index (χ1) is 7.97. The van der Waals surface area contributed by atoms with Gasteiger partial charge in [-0.05, 0) is 19.8 Å². The van der Waals surface area contributed by atoms with Crippen LogP contribution in [0.3, 0.4) is 0 Å². The van der Waals surface area contributed by atoms with Crippen molar-refractivity contribution in [1.29, 1.82) is 0 Å². The van der Waals surface area contributed by atoms with E-state index in [0.717, 1.165) is 6.42 Å². The van der Waals surface area contributed by atoms with Crippen LogP contribution in [0, 0.1) is 0 Å². The summed E-state index contributed by atoms with van der Waals surface area (Å²) >= 11 is 0. The highest BCUT2D eigenvalue weighted by molar-refractivity contribution is 5.92. The first-order valence-corrected chi connectivity index (χ1v) is 5.56. The van der Waals surface area contributed by atoms with Crippen LogP contribution in [-0.2, 0) is 14.4 Å². The van der Waals surface area contributed by atoms with Crippen molar-refractivity contribution in [3.05, 3.63) is 0 Å². The van der Waals surface area contributed by atoms with Crippen molar-refractivity contribution in [2.45, 2.75) is 31.8 Å². The zero-order valence-corrected chi connectivity index (χ0v) is 9.81. The molecular weight excluding hydrogens is 224 g/mol. The number of carbonyl (C=O) groups is 3. The van der Waals surface area contributed by atoms with Gasteiger partial charge in [-0.3, -0.25) is 14.4 Å². The first kappa shape index (κ1) is 13.4. The predicted molar refractivity (Wildman–Crippen MR) is 60.6 cm³/mol. The number of hydrogen-bond donors (Lipinski definition) is 3. The summed E-state index contributed by atoms with van der Waals surface area (Å²) in [5, 5.41) is 2.46. The number of carbonyl (C=O) groups excluding carboxylic acids is 3. The van der Waals surface area contributed by atoms with Gasteiger partial charge >= 0.3 is 0 Å². The molecule has 0 bridgehead atoms. The number of primary amides is 1. The lowest BCUT2D eigenvalue weighted by Gasteiger charge is -2.25. The quantitative estimate of drug-likeness (QED) is 0.524. The van der Waals surface area contributed by atoms with E-state index in [9.17, 15) is 14.4 Å². The molecule has 0 aromatic rings. The van der Waals surface area contributed by atoms with Gasteiger partial charge in [-0.15, -0.1) is 0 Å². The third-order valence-electron chi connectivity index (χ3n) is 2.80. The van der Waals surface area contributed by atoms with Gasteiger partial charge < -0.3 is 21.7 Å². The van der Waals surface area contributed by atoms with Crippen LogP contribution < -0.4 is 16.8 Å². The highest BCUT2D eigenvalue weighted by Crippen LogP contribution is 2.17. The molecule has 5 N–H and O–H groups in total. The van der Waals surface area contributed by atoms with Gasteiger partial charge in [0.1, 0.15) is 12.1 Å². The van der Waals surface area contributed by atoms with E-state index in [-0.39, 0.29) is 12.5 Å². The molecule has 17 heavy (non-hydrogen) atoms. The van der Waals surface area contributed by atoms with Crippen molar-refractivity contribution in [3.8, 4) is 0 Å². The minimum absolute atomic E-state index is 0.170. The number of hydrogen-bond acceptors (Lipinski definition) is 4. The fraction of sp³-hybridized carbons (Fsp3) is 0.700. The topological polar surface area (TPSA) is 119 Å². The normalized spacial score (nSPS) is 21.1. The van der Waals surface area contributed by atoms with Crippen molar-refractivity contribution in [1.82, 2.24) is 10.2 Å². The summed E-state index contributed by atoms with van der Waals surface area (Å²) in [4.78, 5) is 35.6. The Morgan fingerprint density at radius 1 is 1.47 bits per heavy atom. The summed E-state index contributed by atoms with van der Waals surface area (Å²) in [6.07, 6.45) is 1.33. The smallest absolute Gasteiger partial charge is 0.245 e. The van der Waals surface area contributed by atoms with E-state index in [1.807, 2.05) is 0 Å². The second kappa shape index (κ2) is 5.62. The number of rotatable bonds is 4. The van der Waals surface area contributed by atoms with Crippen LogP contribution in [0.2, 0.25) is 0 Å². The lowest BCUT2D eigenvalue weighted by molar-refractivity contribution is -0.140. The van der Waals surface area contributed by atoms with Crippen molar-refractivity contribution >= 4 is 17.7 Å². The molecule has 0 aromatic heterocycles. The maximum Gasteiger partial charge on any atom is 0.245 e. The van der Waals surface area contributed by atoms with Crippen LogP contribution in [0.4, 0.5) is 0 Å².